The third kappa shape index (κ3) is 4.55. The average molecular weight is 424 g/mol. The van der Waals surface area contributed by atoms with E-state index >= 15 is 0 Å². The third-order valence-corrected chi connectivity index (χ3v) is 5.27. The van der Waals surface area contributed by atoms with E-state index < -0.39 is 5.97 Å². The summed E-state index contributed by atoms with van der Waals surface area (Å²) < 4.78 is 10.7. The highest BCUT2D eigenvalue weighted by molar-refractivity contribution is 8.18. The van der Waals surface area contributed by atoms with Crippen LogP contribution in [-0.4, -0.2) is 47.8 Å². The van der Waals surface area contributed by atoms with Gasteiger partial charge in [0.25, 0.3) is 5.91 Å². The van der Waals surface area contributed by atoms with Gasteiger partial charge in [-0.1, -0.05) is 6.08 Å². The summed E-state index contributed by atoms with van der Waals surface area (Å²) in [5.74, 6) is 0.0473. The number of carbonyl (C=O) groups is 2. The van der Waals surface area contributed by atoms with Gasteiger partial charge >= 0.3 is 5.97 Å². The average Bonchev–Trinajstić information content (AvgIpc) is 3.03. The number of amides is 1. The zero-order valence-corrected chi connectivity index (χ0v) is 17.3. The van der Waals surface area contributed by atoms with Gasteiger partial charge in [0.15, 0.2) is 5.17 Å². The molecule has 1 amide bonds. The highest BCUT2D eigenvalue weighted by Gasteiger charge is 2.32. The molecule has 1 fully saturated rings. The van der Waals surface area contributed by atoms with Gasteiger partial charge < -0.3 is 14.6 Å². The number of ether oxygens (including phenoxy) is 2. The first-order valence-corrected chi connectivity index (χ1v) is 9.75. The first-order chi connectivity index (χ1) is 14.5. The van der Waals surface area contributed by atoms with Crippen LogP contribution in [0, 0.1) is 0 Å². The Labute approximate surface area is 178 Å². The van der Waals surface area contributed by atoms with Crippen LogP contribution in [0.2, 0.25) is 0 Å². The number of rotatable bonds is 7. The minimum atomic E-state index is -1.01. The molecule has 0 aromatic heterocycles. The standard InChI is InChI=1S/C22H20N2O5S/c1-4-11-24-20(25)19(13-15-12-17(28-2)9-10-18(15)29-3)30-22(24)23-16-7-5-14(6-8-16)21(26)27/h4-10,12-13H,1,11H2,2-3H3,(H,26,27)/b19-13-,23-22?. The number of hydrogen-bond acceptors (Lipinski definition) is 6. The summed E-state index contributed by atoms with van der Waals surface area (Å²) in [4.78, 5) is 30.5. The van der Waals surface area contributed by atoms with E-state index in [-0.39, 0.29) is 11.5 Å². The smallest absolute Gasteiger partial charge is 0.335 e. The largest absolute Gasteiger partial charge is 0.497 e. The fourth-order valence-electron chi connectivity index (χ4n) is 2.76. The molecular weight excluding hydrogens is 404 g/mol. The Balaban J connectivity index is 1.97. The van der Waals surface area contributed by atoms with E-state index in [2.05, 4.69) is 11.6 Å². The topological polar surface area (TPSA) is 88.4 Å². The fourth-order valence-corrected chi connectivity index (χ4v) is 3.76. The van der Waals surface area contributed by atoms with Crippen molar-refractivity contribution in [1.82, 2.24) is 4.90 Å². The molecule has 1 aliphatic heterocycles. The van der Waals surface area contributed by atoms with Crippen LogP contribution in [0.4, 0.5) is 5.69 Å². The van der Waals surface area contributed by atoms with Crippen molar-refractivity contribution in [3.8, 4) is 11.5 Å². The quantitative estimate of drug-likeness (QED) is 0.530. The summed E-state index contributed by atoms with van der Waals surface area (Å²) in [6.45, 7) is 4.01. The van der Waals surface area contributed by atoms with Crippen molar-refractivity contribution < 1.29 is 24.2 Å². The molecule has 1 aliphatic rings. The Bertz CT molecular complexity index is 1040. The molecule has 3 rings (SSSR count). The predicted molar refractivity (Wildman–Crippen MR) is 118 cm³/mol. The Morgan fingerprint density at radius 3 is 2.53 bits per heavy atom. The van der Waals surface area contributed by atoms with Gasteiger partial charge in [-0.2, -0.15) is 0 Å². The van der Waals surface area contributed by atoms with Crippen LogP contribution in [0.1, 0.15) is 15.9 Å². The molecule has 0 saturated carbocycles. The predicted octanol–water partition coefficient (Wildman–Crippen LogP) is 4.19. The number of amidine groups is 1. The summed E-state index contributed by atoms with van der Waals surface area (Å²) in [7, 11) is 3.13. The molecule has 154 valence electrons. The normalized spacial score (nSPS) is 16.2. The molecule has 1 heterocycles. The molecule has 7 nitrogen and oxygen atoms in total. The minimum Gasteiger partial charge on any atom is -0.497 e. The summed E-state index contributed by atoms with van der Waals surface area (Å²) in [5.41, 5.74) is 1.42. The summed E-state index contributed by atoms with van der Waals surface area (Å²) >= 11 is 1.23. The summed E-state index contributed by atoms with van der Waals surface area (Å²) in [5, 5.41) is 9.51. The second-order valence-corrected chi connectivity index (χ2v) is 7.18. The monoisotopic (exact) mass is 424 g/mol. The minimum absolute atomic E-state index is 0.169. The number of nitrogens with zero attached hydrogens (tertiary/aromatic N) is 2. The first kappa shape index (κ1) is 21.2. The van der Waals surface area contributed by atoms with Gasteiger partial charge in [0.2, 0.25) is 0 Å². The molecule has 1 saturated heterocycles. The highest BCUT2D eigenvalue weighted by Crippen LogP contribution is 2.36. The maximum absolute atomic E-state index is 13.0. The lowest BCUT2D eigenvalue weighted by Gasteiger charge is -2.12. The van der Waals surface area contributed by atoms with Crippen molar-refractivity contribution in [2.45, 2.75) is 0 Å². The van der Waals surface area contributed by atoms with Gasteiger partial charge in [-0.3, -0.25) is 9.69 Å². The molecule has 0 spiro atoms. The van der Waals surface area contributed by atoms with Crippen molar-refractivity contribution in [1.29, 1.82) is 0 Å². The molecule has 1 N–H and O–H groups in total. The third-order valence-electron chi connectivity index (χ3n) is 4.26. The molecule has 0 radical (unpaired) electrons. The summed E-state index contributed by atoms with van der Waals surface area (Å²) in [6, 6.07) is 11.5. The lowest BCUT2D eigenvalue weighted by Crippen LogP contribution is -2.29. The van der Waals surface area contributed by atoms with Crippen LogP contribution in [0.25, 0.3) is 6.08 Å². The van der Waals surface area contributed by atoms with E-state index in [9.17, 15) is 9.59 Å². The van der Waals surface area contributed by atoms with Crippen LogP contribution in [0.5, 0.6) is 11.5 Å². The number of aliphatic imine (C=N–C) groups is 1. The van der Waals surface area contributed by atoms with Crippen LogP contribution in [0.3, 0.4) is 0 Å². The fraction of sp³-hybridized carbons (Fsp3) is 0.136. The van der Waals surface area contributed by atoms with Gasteiger partial charge in [-0.05, 0) is 60.3 Å². The highest BCUT2D eigenvalue weighted by atomic mass is 32.2. The van der Waals surface area contributed by atoms with Crippen LogP contribution < -0.4 is 9.47 Å². The van der Waals surface area contributed by atoms with E-state index in [1.54, 1.807) is 56.7 Å². The Kier molecular flexibility index (Phi) is 6.58. The molecule has 0 unspecified atom stereocenters. The van der Waals surface area contributed by atoms with E-state index in [1.165, 1.54) is 28.8 Å². The second-order valence-electron chi connectivity index (χ2n) is 6.17. The Morgan fingerprint density at radius 1 is 1.20 bits per heavy atom. The molecule has 30 heavy (non-hydrogen) atoms. The molecule has 0 atom stereocenters. The molecule has 0 bridgehead atoms. The first-order valence-electron chi connectivity index (χ1n) is 8.93. The van der Waals surface area contributed by atoms with Crippen molar-refractivity contribution in [3.63, 3.8) is 0 Å². The van der Waals surface area contributed by atoms with Crippen LogP contribution >= 0.6 is 11.8 Å². The Morgan fingerprint density at radius 2 is 1.93 bits per heavy atom. The zero-order valence-electron chi connectivity index (χ0n) is 16.5. The van der Waals surface area contributed by atoms with E-state index in [1.807, 2.05) is 0 Å². The maximum Gasteiger partial charge on any atom is 0.335 e. The number of carbonyl (C=O) groups excluding carboxylic acids is 1. The lowest BCUT2D eigenvalue weighted by atomic mass is 10.1. The van der Waals surface area contributed by atoms with Gasteiger partial charge in [-0.25, -0.2) is 9.79 Å². The van der Waals surface area contributed by atoms with Gasteiger partial charge in [0, 0.05) is 12.1 Å². The number of carboxylic acid groups (broad SMARTS) is 1. The van der Waals surface area contributed by atoms with Crippen LogP contribution in [-0.2, 0) is 4.79 Å². The zero-order chi connectivity index (χ0) is 21.7. The molecule has 2 aromatic rings. The second kappa shape index (κ2) is 9.32. The Hall–Kier alpha value is -3.52. The molecule has 8 heteroatoms. The van der Waals surface area contributed by atoms with Crippen molar-refractivity contribution in [2.75, 3.05) is 20.8 Å². The van der Waals surface area contributed by atoms with Crippen molar-refractivity contribution in [2.24, 2.45) is 4.99 Å². The van der Waals surface area contributed by atoms with E-state index in [4.69, 9.17) is 14.6 Å². The number of aromatic carboxylic acids is 1. The molecule has 0 aliphatic carbocycles. The SMILES string of the molecule is C=CCN1C(=O)/C(=C/c2cc(OC)ccc2OC)SC1=Nc1ccc(C(=O)O)cc1. The lowest BCUT2D eigenvalue weighted by molar-refractivity contribution is -0.121. The number of benzene rings is 2. The van der Waals surface area contributed by atoms with E-state index in [0.29, 0.717) is 39.4 Å². The van der Waals surface area contributed by atoms with Crippen LogP contribution in [0.15, 0.2) is 65.0 Å². The van der Waals surface area contributed by atoms with Gasteiger partial charge in [-0.15, -0.1) is 6.58 Å². The number of thioether (sulfide) groups is 1. The summed E-state index contributed by atoms with van der Waals surface area (Å²) in [6.07, 6.45) is 3.36. The van der Waals surface area contributed by atoms with Gasteiger partial charge in [0.1, 0.15) is 11.5 Å². The van der Waals surface area contributed by atoms with Gasteiger partial charge in [0.05, 0.1) is 30.4 Å². The number of methoxy groups -OCH3 is 2. The molecule has 2 aromatic carbocycles. The van der Waals surface area contributed by atoms with Crippen molar-refractivity contribution in [3.05, 3.63) is 71.2 Å². The maximum atomic E-state index is 13.0. The van der Waals surface area contributed by atoms with Crippen molar-refractivity contribution >= 4 is 40.6 Å². The number of carboxylic acids is 1. The number of hydrogen-bond donors (Lipinski definition) is 1. The van der Waals surface area contributed by atoms with E-state index in [0.717, 1.165) is 0 Å². The molecular formula is C22H20N2O5S.